The number of rotatable bonds is 2. The standard InChI is InChI=1S/C14H21NO/c1-12-9-15(14(2,3)11-16-12)10-13-7-5-4-6-8-13/h4-8,12H,9-11H2,1-3H3. The molecule has 1 unspecified atom stereocenters. The predicted octanol–water partition coefficient (Wildman–Crippen LogP) is 2.69. The Kier molecular flexibility index (Phi) is 3.31. The molecule has 1 saturated heterocycles. The Labute approximate surface area is 98.2 Å². The molecule has 0 bridgehead atoms. The lowest BCUT2D eigenvalue weighted by Gasteiger charge is -2.44. The summed E-state index contributed by atoms with van der Waals surface area (Å²) in [5.74, 6) is 0. The first-order valence-corrected chi connectivity index (χ1v) is 5.98. The maximum Gasteiger partial charge on any atom is 0.0675 e. The van der Waals surface area contributed by atoms with Crippen molar-refractivity contribution in [2.45, 2.75) is 39.0 Å². The zero-order valence-corrected chi connectivity index (χ0v) is 10.4. The van der Waals surface area contributed by atoms with Gasteiger partial charge in [0.15, 0.2) is 0 Å². The molecule has 2 rings (SSSR count). The number of benzene rings is 1. The van der Waals surface area contributed by atoms with Crippen molar-refractivity contribution in [2.24, 2.45) is 0 Å². The molecule has 0 aliphatic carbocycles. The molecular weight excluding hydrogens is 198 g/mol. The highest BCUT2D eigenvalue weighted by atomic mass is 16.5. The molecule has 0 N–H and O–H groups in total. The highest BCUT2D eigenvalue weighted by Gasteiger charge is 2.33. The van der Waals surface area contributed by atoms with Crippen molar-refractivity contribution in [3.8, 4) is 0 Å². The van der Waals surface area contributed by atoms with E-state index in [-0.39, 0.29) is 5.54 Å². The highest BCUT2D eigenvalue weighted by Crippen LogP contribution is 2.23. The van der Waals surface area contributed by atoms with Crippen molar-refractivity contribution in [3.05, 3.63) is 35.9 Å². The molecule has 0 saturated carbocycles. The van der Waals surface area contributed by atoms with Gasteiger partial charge in [0.1, 0.15) is 0 Å². The average molecular weight is 219 g/mol. The van der Waals surface area contributed by atoms with Crippen molar-refractivity contribution in [3.63, 3.8) is 0 Å². The first kappa shape index (κ1) is 11.6. The van der Waals surface area contributed by atoms with Crippen LogP contribution in [0.25, 0.3) is 0 Å². The third-order valence-electron chi connectivity index (χ3n) is 3.27. The Balaban J connectivity index is 2.07. The lowest BCUT2D eigenvalue weighted by atomic mass is 10.00. The minimum Gasteiger partial charge on any atom is -0.375 e. The van der Waals surface area contributed by atoms with E-state index in [1.54, 1.807) is 0 Å². The maximum absolute atomic E-state index is 5.72. The van der Waals surface area contributed by atoms with Gasteiger partial charge < -0.3 is 4.74 Å². The van der Waals surface area contributed by atoms with Gasteiger partial charge in [0.25, 0.3) is 0 Å². The number of hydrogen-bond acceptors (Lipinski definition) is 2. The maximum atomic E-state index is 5.72. The summed E-state index contributed by atoms with van der Waals surface area (Å²) in [6.07, 6.45) is 0.344. The third kappa shape index (κ3) is 2.63. The predicted molar refractivity (Wildman–Crippen MR) is 66.3 cm³/mol. The monoisotopic (exact) mass is 219 g/mol. The van der Waals surface area contributed by atoms with Crippen molar-refractivity contribution in [1.29, 1.82) is 0 Å². The zero-order valence-electron chi connectivity index (χ0n) is 10.4. The highest BCUT2D eigenvalue weighted by molar-refractivity contribution is 5.15. The van der Waals surface area contributed by atoms with Gasteiger partial charge in [0.2, 0.25) is 0 Å². The van der Waals surface area contributed by atoms with Gasteiger partial charge in [-0.25, -0.2) is 0 Å². The molecule has 1 heterocycles. The van der Waals surface area contributed by atoms with Crippen LogP contribution in [-0.4, -0.2) is 29.7 Å². The van der Waals surface area contributed by atoms with Crippen LogP contribution in [0, 0.1) is 0 Å². The summed E-state index contributed by atoms with van der Waals surface area (Å²) < 4.78 is 5.72. The van der Waals surface area contributed by atoms with Crippen LogP contribution < -0.4 is 0 Å². The summed E-state index contributed by atoms with van der Waals surface area (Å²) >= 11 is 0. The quantitative estimate of drug-likeness (QED) is 0.758. The van der Waals surface area contributed by atoms with Crippen LogP contribution in [-0.2, 0) is 11.3 Å². The van der Waals surface area contributed by atoms with E-state index in [1.165, 1.54) is 5.56 Å². The average Bonchev–Trinajstić information content (AvgIpc) is 2.26. The second-order valence-electron chi connectivity index (χ2n) is 5.30. The zero-order chi connectivity index (χ0) is 11.6. The van der Waals surface area contributed by atoms with Crippen molar-refractivity contribution in [2.75, 3.05) is 13.2 Å². The lowest BCUT2D eigenvalue weighted by Crippen LogP contribution is -2.54. The molecular formula is C14H21NO. The summed E-state index contributed by atoms with van der Waals surface area (Å²) in [5, 5.41) is 0. The summed E-state index contributed by atoms with van der Waals surface area (Å²) in [6.45, 7) is 9.50. The first-order chi connectivity index (χ1) is 7.58. The molecule has 1 aliphatic heterocycles. The summed E-state index contributed by atoms with van der Waals surface area (Å²) in [5.41, 5.74) is 1.52. The summed E-state index contributed by atoms with van der Waals surface area (Å²) in [4.78, 5) is 2.51. The molecule has 1 aromatic rings. The SMILES string of the molecule is CC1CN(Cc2ccccc2)C(C)(C)CO1. The van der Waals surface area contributed by atoms with E-state index in [2.05, 4.69) is 56.0 Å². The molecule has 1 aliphatic rings. The Morgan fingerprint density at radius 1 is 1.31 bits per heavy atom. The Hall–Kier alpha value is -0.860. The van der Waals surface area contributed by atoms with Gasteiger partial charge >= 0.3 is 0 Å². The van der Waals surface area contributed by atoms with Gasteiger partial charge in [-0.05, 0) is 26.3 Å². The smallest absolute Gasteiger partial charge is 0.0675 e. The van der Waals surface area contributed by atoms with Gasteiger partial charge in [-0.15, -0.1) is 0 Å². The largest absolute Gasteiger partial charge is 0.375 e. The molecule has 0 spiro atoms. The second kappa shape index (κ2) is 4.56. The van der Waals surface area contributed by atoms with Gasteiger partial charge in [-0.3, -0.25) is 4.90 Å². The van der Waals surface area contributed by atoms with Crippen molar-refractivity contribution in [1.82, 2.24) is 4.90 Å². The molecule has 1 fully saturated rings. The topological polar surface area (TPSA) is 12.5 Å². The van der Waals surface area contributed by atoms with Crippen LogP contribution in [0.4, 0.5) is 0 Å². The van der Waals surface area contributed by atoms with E-state index >= 15 is 0 Å². The van der Waals surface area contributed by atoms with Crippen molar-refractivity contribution >= 4 is 0 Å². The second-order valence-corrected chi connectivity index (χ2v) is 5.30. The molecule has 1 atom stereocenters. The molecule has 2 nitrogen and oxygen atoms in total. The Bertz CT molecular complexity index is 334. The minimum absolute atomic E-state index is 0.141. The number of morpholine rings is 1. The van der Waals surface area contributed by atoms with Gasteiger partial charge in [-0.1, -0.05) is 30.3 Å². The summed E-state index contributed by atoms with van der Waals surface area (Å²) in [7, 11) is 0. The number of ether oxygens (including phenoxy) is 1. The van der Waals surface area contributed by atoms with E-state index in [1.807, 2.05) is 0 Å². The minimum atomic E-state index is 0.141. The first-order valence-electron chi connectivity index (χ1n) is 5.98. The molecule has 88 valence electrons. The van der Waals surface area contributed by atoms with E-state index in [9.17, 15) is 0 Å². The van der Waals surface area contributed by atoms with Crippen LogP contribution in [0.3, 0.4) is 0 Å². The van der Waals surface area contributed by atoms with Crippen LogP contribution in [0.2, 0.25) is 0 Å². The molecule has 0 amide bonds. The Morgan fingerprint density at radius 3 is 2.69 bits per heavy atom. The fourth-order valence-corrected chi connectivity index (χ4v) is 2.13. The molecule has 0 radical (unpaired) electrons. The number of nitrogens with zero attached hydrogens (tertiary/aromatic N) is 1. The number of hydrogen-bond donors (Lipinski definition) is 0. The van der Waals surface area contributed by atoms with Crippen LogP contribution in [0.15, 0.2) is 30.3 Å². The third-order valence-corrected chi connectivity index (χ3v) is 3.27. The van der Waals surface area contributed by atoms with E-state index in [4.69, 9.17) is 4.74 Å². The molecule has 1 aromatic carbocycles. The van der Waals surface area contributed by atoms with Crippen LogP contribution in [0.5, 0.6) is 0 Å². The molecule has 0 aromatic heterocycles. The van der Waals surface area contributed by atoms with Gasteiger partial charge in [0.05, 0.1) is 12.7 Å². The van der Waals surface area contributed by atoms with E-state index in [0.717, 1.165) is 19.7 Å². The summed E-state index contributed by atoms with van der Waals surface area (Å²) in [6, 6.07) is 10.7. The molecule has 16 heavy (non-hydrogen) atoms. The lowest BCUT2D eigenvalue weighted by molar-refractivity contribution is -0.0949. The normalized spacial score (nSPS) is 25.6. The van der Waals surface area contributed by atoms with E-state index in [0.29, 0.717) is 6.10 Å². The van der Waals surface area contributed by atoms with Gasteiger partial charge in [-0.2, -0.15) is 0 Å². The molecule has 2 heteroatoms. The van der Waals surface area contributed by atoms with Crippen molar-refractivity contribution < 1.29 is 4.74 Å². The van der Waals surface area contributed by atoms with E-state index < -0.39 is 0 Å². The van der Waals surface area contributed by atoms with Crippen LogP contribution in [0.1, 0.15) is 26.3 Å². The van der Waals surface area contributed by atoms with Crippen LogP contribution >= 0.6 is 0 Å². The fraction of sp³-hybridized carbons (Fsp3) is 0.571. The Morgan fingerprint density at radius 2 is 2.00 bits per heavy atom. The van der Waals surface area contributed by atoms with Gasteiger partial charge in [0, 0.05) is 18.6 Å². The fourth-order valence-electron chi connectivity index (χ4n) is 2.13.